The lowest BCUT2D eigenvalue weighted by molar-refractivity contribution is -0.113. The van der Waals surface area contributed by atoms with Crippen molar-refractivity contribution in [3.8, 4) is 11.5 Å². The van der Waals surface area contributed by atoms with Crippen LogP contribution in [0.4, 0.5) is 10.5 Å². The van der Waals surface area contributed by atoms with Gasteiger partial charge in [0.2, 0.25) is 0 Å². The standard InChI is InChI=1S/C19H17NO4S/c1-12-6-4-5-7-15(12)20-18(21)17(25-19(20)22)11-13-10-14(23-2)8-9-16(13)24-3/h4-11H,1-3H3/b17-11-. The third kappa shape index (κ3) is 3.25. The van der Waals surface area contributed by atoms with Gasteiger partial charge in [-0.25, -0.2) is 4.90 Å². The summed E-state index contributed by atoms with van der Waals surface area (Å²) in [7, 11) is 3.12. The van der Waals surface area contributed by atoms with Gasteiger partial charge in [0.25, 0.3) is 11.1 Å². The van der Waals surface area contributed by atoms with E-state index >= 15 is 0 Å². The minimum atomic E-state index is -0.339. The number of anilines is 1. The molecule has 0 aliphatic carbocycles. The summed E-state index contributed by atoms with van der Waals surface area (Å²) < 4.78 is 10.5. The first-order valence-electron chi connectivity index (χ1n) is 7.60. The van der Waals surface area contributed by atoms with Crippen LogP contribution in [0, 0.1) is 6.92 Å². The lowest BCUT2D eigenvalue weighted by Crippen LogP contribution is -2.28. The molecule has 3 rings (SSSR count). The maximum absolute atomic E-state index is 12.8. The fourth-order valence-electron chi connectivity index (χ4n) is 2.58. The molecule has 1 aliphatic heterocycles. The third-order valence-corrected chi connectivity index (χ3v) is 4.74. The molecule has 0 bridgehead atoms. The molecular formula is C19H17NO4S. The van der Waals surface area contributed by atoms with Gasteiger partial charge in [0.15, 0.2) is 0 Å². The summed E-state index contributed by atoms with van der Waals surface area (Å²) in [6.45, 7) is 1.87. The summed E-state index contributed by atoms with van der Waals surface area (Å²) in [5.74, 6) is 0.905. The number of amides is 2. The number of methoxy groups -OCH3 is 2. The Morgan fingerprint density at radius 2 is 1.80 bits per heavy atom. The molecule has 0 unspecified atom stereocenters. The number of thioether (sulfide) groups is 1. The zero-order chi connectivity index (χ0) is 18.0. The molecule has 2 amide bonds. The molecule has 1 heterocycles. The molecule has 1 saturated heterocycles. The summed E-state index contributed by atoms with van der Waals surface area (Å²) >= 11 is 0.915. The second-order valence-corrected chi connectivity index (χ2v) is 6.40. The fourth-order valence-corrected chi connectivity index (χ4v) is 3.41. The highest BCUT2D eigenvalue weighted by Gasteiger charge is 2.37. The van der Waals surface area contributed by atoms with Crippen molar-refractivity contribution < 1.29 is 19.1 Å². The number of rotatable bonds is 4. The first-order valence-corrected chi connectivity index (χ1v) is 8.42. The van der Waals surface area contributed by atoms with Crippen LogP contribution in [0.2, 0.25) is 0 Å². The van der Waals surface area contributed by atoms with Crippen LogP contribution < -0.4 is 14.4 Å². The Bertz CT molecular complexity index is 875. The van der Waals surface area contributed by atoms with E-state index in [0.29, 0.717) is 27.7 Å². The average molecular weight is 355 g/mol. The van der Waals surface area contributed by atoms with Gasteiger partial charge in [-0.2, -0.15) is 0 Å². The van der Waals surface area contributed by atoms with Crippen molar-refractivity contribution in [2.24, 2.45) is 0 Å². The molecule has 0 saturated carbocycles. The van der Waals surface area contributed by atoms with Crippen molar-refractivity contribution in [3.63, 3.8) is 0 Å². The van der Waals surface area contributed by atoms with E-state index in [1.807, 2.05) is 19.1 Å². The third-order valence-electron chi connectivity index (χ3n) is 3.87. The van der Waals surface area contributed by atoms with E-state index in [1.54, 1.807) is 50.6 Å². The number of hydrogen-bond acceptors (Lipinski definition) is 5. The zero-order valence-electron chi connectivity index (χ0n) is 14.1. The normalized spacial score (nSPS) is 15.8. The number of benzene rings is 2. The van der Waals surface area contributed by atoms with Gasteiger partial charge >= 0.3 is 0 Å². The smallest absolute Gasteiger partial charge is 0.298 e. The zero-order valence-corrected chi connectivity index (χ0v) is 14.9. The molecule has 2 aromatic rings. The van der Waals surface area contributed by atoms with Gasteiger partial charge in [-0.1, -0.05) is 18.2 Å². The van der Waals surface area contributed by atoms with Gasteiger partial charge in [0, 0.05) is 5.56 Å². The van der Waals surface area contributed by atoms with Crippen LogP contribution in [0.1, 0.15) is 11.1 Å². The van der Waals surface area contributed by atoms with E-state index < -0.39 is 0 Å². The largest absolute Gasteiger partial charge is 0.497 e. The topological polar surface area (TPSA) is 55.8 Å². The number of imide groups is 1. The highest BCUT2D eigenvalue weighted by Crippen LogP contribution is 2.38. The Labute approximate surface area is 150 Å². The molecule has 1 fully saturated rings. The van der Waals surface area contributed by atoms with Crippen LogP contribution in [0.15, 0.2) is 47.4 Å². The number of carbonyl (C=O) groups excluding carboxylic acids is 2. The fraction of sp³-hybridized carbons (Fsp3) is 0.158. The van der Waals surface area contributed by atoms with Gasteiger partial charge in [-0.3, -0.25) is 9.59 Å². The molecule has 0 radical (unpaired) electrons. The Hall–Kier alpha value is -2.73. The molecule has 0 N–H and O–H groups in total. The molecule has 0 aromatic heterocycles. The monoisotopic (exact) mass is 355 g/mol. The predicted molar refractivity (Wildman–Crippen MR) is 99.2 cm³/mol. The van der Waals surface area contributed by atoms with E-state index in [0.717, 1.165) is 17.3 Å². The number of ether oxygens (including phenoxy) is 2. The number of hydrogen-bond donors (Lipinski definition) is 0. The average Bonchev–Trinajstić information content (AvgIpc) is 2.89. The molecule has 2 aromatic carbocycles. The van der Waals surface area contributed by atoms with E-state index in [2.05, 4.69) is 0 Å². The molecule has 0 spiro atoms. The Morgan fingerprint density at radius 1 is 1.04 bits per heavy atom. The molecule has 0 atom stereocenters. The first kappa shape index (κ1) is 17.1. The SMILES string of the molecule is COc1ccc(OC)c(/C=C2\SC(=O)N(c3ccccc3C)C2=O)c1. The van der Waals surface area contributed by atoms with Crippen molar-refractivity contribution in [1.82, 2.24) is 0 Å². The quantitative estimate of drug-likeness (QED) is 0.767. The van der Waals surface area contributed by atoms with E-state index in [-0.39, 0.29) is 11.1 Å². The number of carbonyl (C=O) groups is 2. The Kier molecular flexibility index (Phi) is 4.81. The van der Waals surface area contributed by atoms with E-state index in [4.69, 9.17) is 9.47 Å². The van der Waals surface area contributed by atoms with E-state index in [1.165, 1.54) is 4.90 Å². The summed E-state index contributed by atoms with van der Waals surface area (Å²) in [4.78, 5) is 26.7. The van der Waals surface area contributed by atoms with Gasteiger partial charge in [-0.15, -0.1) is 0 Å². The second kappa shape index (κ2) is 7.03. The summed E-state index contributed by atoms with van der Waals surface area (Å²) in [5.41, 5.74) is 2.15. The van der Waals surface area contributed by atoms with Crippen LogP contribution in [-0.2, 0) is 4.79 Å². The molecule has 6 heteroatoms. The summed E-state index contributed by atoms with van der Waals surface area (Å²) in [6, 6.07) is 12.6. The summed E-state index contributed by atoms with van der Waals surface area (Å²) in [6.07, 6.45) is 1.66. The van der Waals surface area contributed by atoms with Gasteiger partial charge in [0.05, 0.1) is 24.8 Å². The Morgan fingerprint density at radius 3 is 2.48 bits per heavy atom. The van der Waals surface area contributed by atoms with Crippen LogP contribution >= 0.6 is 11.8 Å². The van der Waals surface area contributed by atoms with Crippen LogP contribution in [-0.4, -0.2) is 25.4 Å². The van der Waals surface area contributed by atoms with E-state index in [9.17, 15) is 9.59 Å². The number of para-hydroxylation sites is 1. The molecule has 1 aliphatic rings. The number of nitrogens with zero attached hydrogens (tertiary/aromatic N) is 1. The van der Waals surface area contributed by atoms with Gasteiger partial charge < -0.3 is 9.47 Å². The maximum atomic E-state index is 12.8. The lowest BCUT2D eigenvalue weighted by Gasteiger charge is -2.14. The molecular weight excluding hydrogens is 338 g/mol. The maximum Gasteiger partial charge on any atom is 0.298 e. The minimum absolute atomic E-state index is 0.313. The van der Waals surface area contributed by atoms with Crippen LogP contribution in [0.25, 0.3) is 6.08 Å². The van der Waals surface area contributed by atoms with Crippen molar-refractivity contribution in [2.75, 3.05) is 19.1 Å². The highest BCUT2D eigenvalue weighted by atomic mass is 32.2. The molecule has 25 heavy (non-hydrogen) atoms. The van der Waals surface area contributed by atoms with Crippen LogP contribution in [0.3, 0.4) is 0 Å². The van der Waals surface area contributed by atoms with Gasteiger partial charge in [0.1, 0.15) is 11.5 Å². The lowest BCUT2D eigenvalue weighted by atomic mass is 10.1. The first-order chi connectivity index (χ1) is 12.0. The minimum Gasteiger partial charge on any atom is -0.497 e. The van der Waals surface area contributed by atoms with Crippen molar-refractivity contribution >= 4 is 34.7 Å². The van der Waals surface area contributed by atoms with Crippen LogP contribution in [0.5, 0.6) is 11.5 Å². The second-order valence-electron chi connectivity index (χ2n) is 5.41. The Balaban J connectivity index is 2.00. The predicted octanol–water partition coefficient (Wildman–Crippen LogP) is 4.25. The van der Waals surface area contributed by atoms with Crippen molar-refractivity contribution in [3.05, 3.63) is 58.5 Å². The van der Waals surface area contributed by atoms with Gasteiger partial charge in [-0.05, 0) is 54.6 Å². The molecule has 128 valence electrons. The van der Waals surface area contributed by atoms with Crippen molar-refractivity contribution in [1.29, 1.82) is 0 Å². The molecule has 5 nitrogen and oxygen atoms in total. The van der Waals surface area contributed by atoms with Crippen molar-refractivity contribution in [2.45, 2.75) is 6.92 Å². The number of aryl methyl sites for hydroxylation is 1. The summed E-state index contributed by atoms with van der Waals surface area (Å²) in [5, 5.41) is -0.313. The highest BCUT2D eigenvalue weighted by molar-refractivity contribution is 8.19.